The number of amides is 2. The maximum atomic E-state index is 13.5. The highest BCUT2D eigenvalue weighted by molar-refractivity contribution is 7.92. The van der Waals surface area contributed by atoms with Gasteiger partial charge in [-0.15, -0.1) is 0 Å². The first kappa shape index (κ1) is 27.0. The van der Waals surface area contributed by atoms with Crippen molar-refractivity contribution in [2.24, 2.45) is 0 Å². The molecule has 1 atom stereocenters. The Morgan fingerprint density at radius 1 is 1.06 bits per heavy atom. The van der Waals surface area contributed by atoms with Gasteiger partial charge in [0.25, 0.3) is 0 Å². The summed E-state index contributed by atoms with van der Waals surface area (Å²) in [7, 11) is -2.28. The van der Waals surface area contributed by atoms with Crippen LogP contribution in [-0.4, -0.2) is 64.2 Å². The largest absolute Gasteiger partial charge is 0.497 e. The number of rotatable bonds is 12. The number of hydrogen-bond acceptors (Lipinski definition) is 6. The van der Waals surface area contributed by atoms with Crippen LogP contribution in [0.25, 0.3) is 0 Å². The lowest BCUT2D eigenvalue weighted by molar-refractivity contribution is -0.139. The van der Waals surface area contributed by atoms with Crippen molar-refractivity contribution in [2.45, 2.75) is 33.4 Å². The zero-order valence-corrected chi connectivity index (χ0v) is 21.1. The second kappa shape index (κ2) is 12.3. The van der Waals surface area contributed by atoms with E-state index in [4.69, 9.17) is 9.47 Å². The van der Waals surface area contributed by atoms with Gasteiger partial charge < -0.3 is 19.7 Å². The zero-order chi connectivity index (χ0) is 25.3. The van der Waals surface area contributed by atoms with Crippen LogP contribution in [0.3, 0.4) is 0 Å². The Hall–Kier alpha value is -3.27. The van der Waals surface area contributed by atoms with Crippen LogP contribution in [0.15, 0.2) is 48.5 Å². The summed E-state index contributed by atoms with van der Waals surface area (Å²) in [6.45, 7) is 5.57. The van der Waals surface area contributed by atoms with Gasteiger partial charge in [-0.25, -0.2) is 8.42 Å². The Morgan fingerprint density at radius 3 is 2.26 bits per heavy atom. The second-order valence-electron chi connectivity index (χ2n) is 7.61. The monoisotopic (exact) mass is 491 g/mol. The van der Waals surface area contributed by atoms with E-state index in [0.29, 0.717) is 24.7 Å². The van der Waals surface area contributed by atoms with Gasteiger partial charge in [-0.1, -0.05) is 24.3 Å². The van der Waals surface area contributed by atoms with Crippen molar-refractivity contribution in [1.29, 1.82) is 0 Å². The van der Waals surface area contributed by atoms with Crippen LogP contribution in [0.5, 0.6) is 11.5 Å². The van der Waals surface area contributed by atoms with Gasteiger partial charge in [-0.3, -0.25) is 13.9 Å². The average molecular weight is 492 g/mol. The molecule has 1 N–H and O–H groups in total. The fraction of sp³-hybridized carbons (Fsp3) is 0.417. The molecule has 0 aliphatic rings. The SMILES string of the molecule is CCNC(=O)[C@@H](C)N(Cc1ccc(OC)cc1)C(=O)CN(c1ccccc1OCC)S(C)(=O)=O. The summed E-state index contributed by atoms with van der Waals surface area (Å²) in [6.07, 6.45) is 1.03. The van der Waals surface area contributed by atoms with Crippen molar-refractivity contribution >= 4 is 27.5 Å². The summed E-state index contributed by atoms with van der Waals surface area (Å²) in [5.41, 5.74) is 1.03. The molecule has 0 saturated heterocycles. The molecular weight excluding hydrogens is 458 g/mol. The van der Waals surface area contributed by atoms with Crippen molar-refractivity contribution in [1.82, 2.24) is 10.2 Å². The predicted octanol–water partition coefficient (Wildman–Crippen LogP) is 2.41. The van der Waals surface area contributed by atoms with Crippen LogP contribution in [0, 0.1) is 0 Å². The molecule has 0 heterocycles. The van der Waals surface area contributed by atoms with Gasteiger partial charge in [0.2, 0.25) is 21.8 Å². The highest BCUT2D eigenvalue weighted by Gasteiger charge is 2.31. The topological polar surface area (TPSA) is 105 Å². The van der Waals surface area contributed by atoms with Crippen LogP contribution >= 0.6 is 0 Å². The predicted molar refractivity (Wildman–Crippen MR) is 131 cm³/mol. The molecule has 0 spiro atoms. The lowest BCUT2D eigenvalue weighted by Crippen LogP contribution is -2.51. The number of para-hydroxylation sites is 2. The highest BCUT2D eigenvalue weighted by Crippen LogP contribution is 2.30. The fourth-order valence-electron chi connectivity index (χ4n) is 3.37. The molecule has 0 bridgehead atoms. The van der Waals surface area contributed by atoms with Gasteiger partial charge in [0.05, 0.1) is 25.7 Å². The molecule has 0 aromatic heterocycles. The van der Waals surface area contributed by atoms with Crippen LogP contribution in [0.2, 0.25) is 0 Å². The molecule has 186 valence electrons. The van der Waals surface area contributed by atoms with Gasteiger partial charge >= 0.3 is 0 Å². The van der Waals surface area contributed by atoms with Crippen LogP contribution < -0.4 is 19.1 Å². The lowest BCUT2D eigenvalue weighted by atomic mass is 10.1. The molecule has 9 nitrogen and oxygen atoms in total. The standard InChI is InChI=1S/C24H33N3O6S/c1-6-25-24(29)18(3)26(16-19-12-14-20(32-4)15-13-19)23(28)17-27(34(5,30)31)21-10-8-9-11-22(21)33-7-2/h8-15,18H,6-7,16-17H2,1-5H3,(H,25,29)/t18-/m1/s1. The Kier molecular flexibility index (Phi) is 9.73. The molecule has 10 heteroatoms. The van der Waals surface area contributed by atoms with E-state index in [9.17, 15) is 18.0 Å². The second-order valence-corrected chi connectivity index (χ2v) is 9.52. The van der Waals surface area contributed by atoms with Crippen molar-refractivity contribution in [3.05, 3.63) is 54.1 Å². The van der Waals surface area contributed by atoms with Gasteiger partial charge in [0, 0.05) is 13.1 Å². The van der Waals surface area contributed by atoms with E-state index in [2.05, 4.69) is 5.32 Å². The zero-order valence-electron chi connectivity index (χ0n) is 20.3. The van der Waals surface area contributed by atoms with Crippen molar-refractivity contribution < 1.29 is 27.5 Å². The minimum absolute atomic E-state index is 0.117. The Bertz CT molecular complexity index is 1070. The Morgan fingerprint density at radius 2 is 1.71 bits per heavy atom. The van der Waals surface area contributed by atoms with Gasteiger partial charge in [0.1, 0.15) is 24.1 Å². The molecule has 0 radical (unpaired) electrons. The number of methoxy groups -OCH3 is 1. The molecule has 0 unspecified atom stereocenters. The van der Waals surface area contributed by atoms with E-state index >= 15 is 0 Å². The van der Waals surface area contributed by atoms with Crippen LogP contribution in [0.4, 0.5) is 5.69 Å². The first-order valence-electron chi connectivity index (χ1n) is 11.0. The molecule has 2 aromatic carbocycles. The van der Waals surface area contributed by atoms with E-state index < -0.39 is 28.5 Å². The maximum Gasteiger partial charge on any atom is 0.244 e. The normalized spacial score (nSPS) is 11.9. The third kappa shape index (κ3) is 7.11. The van der Waals surface area contributed by atoms with Gasteiger partial charge in [-0.2, -0.15) is 0 Å². The number of sulfonamides is 1. The van der Waals surface area contributed by atoms with Gasteiger partial charge in [-0.05, 0) is 50.6 Å². The molecule has 2 aromatic rings. The smallest absolute Gasteiger partial charge is 0.244 e. The molecular formula is C24H33N3O6S. The number of nitrogens with one attached hydrogen (secondary N) is 1. The van der Waals surface area contributed by atoms with Crippen molar-refractivity contribution in [2.75, 3.05) is 37.4 Å². The molecule has 2 amide bonds. The summed E-state index contributed by atoms with van der Waals surface area (Å²) in [6, 6.07) is 12.9. The number of anilines is 1. The number of carbonyl (C=O) groups is 2. The summed E-state index contributed by atoms with van der Waals surface area (Å²) in [4.78, 5) is 27.5. The molecule has 0 saturated carbocycles. The summed E-state index contributed by atoms with van der Waals surface area (Å²) in [5, 5.41) is 2.72. The number of benzene rings is 2. The number of carbonyl (C=O) groups excluding carboxylic acids is 2. The van der Waals surface area contributed by atoms with E-state index in [-0.39, 0.29) is 18.1 Å². The maximum absolute atomic E-state index is 13.5. The summed E-state index contributed by atoms with van der Waals surface area (Å²) in [5.74, 6) is 0.159. The Balaban J connectivity index is 2.41. The molecule has 2 rings (SSSR count). The van der Waals surface area contributed by atoms with Crippen LogP contribution in [0.1, 0.15) is 26.3 Å². The third-order valence-electron chi connectivity index (χ3n) is 5.14. The van der Waals surface area contributed by atoms with Crippen molar-refractivity contribution in [3.8, 4) is 11.5 Å². The third-order valence-corrected chi connectivity index (χ3v) is 6.27. The van der Waals surface area contributed by atoms with Crippen molar-refractivity contribution in [3.63, 3.8) is 0 Å². The lowest BCUT2D eigenvalue weighted by Gasteiger charge is -2.31. The van der Waals surface area contributed by atoms with E-state index in [0.717, 1.165) is 16.1 Å². The first-order valence-corrected chi connectivity index (χ1v) is 12.9. The molecule has 0 aliphatic heterocycles. The van der Waals surface area contributed by atoms with E-state index in [1.807, 2.05) is 0 Å². The minimum atomic E-state index is -3.84. The van der Waals surface area contributed by atoms with Crippen LogP contribution in [-0.2, 0) is 26.2 Å². The number of ether oxygens (including phenoxy) is 2. The number of likely N-dealkylation sites (N-methyl/N-ethyl adjacent to an activating group) is 1. The molecule has 0 aliphatic carbocycles. The van der Waals surface area contributed by atoms with E-state index in [1.54, 1.807) is 76.4 Å². The number of nitrogens with zero attached hydrogens (tertiary/aromatic N) is 2. The minimum Gasteiger partial charge on any atom is -0.497 e. The average Bonchev–Trinajstić information content (AvgIpc) is 2.81. The van der Waals surface area contributed by atoms with Gasteiger partial charge in [0.15, 0.2) is 0 Å². The summed E-state index contributed by atoms with van der Waals surface area (Å²) >= 11 is 0. The molecule has 34 heavy (non-hydrogen) atoms. The summed E-state index contributed by atoms with van der Waals surface area (Å²) < 4.78 is 37.1. The first-order chi connectivity index (χ1) is 16.1. The molecule has 0 fully saturated rings. The van der Waals surface area contributed by atoms with E-state index in [1.165, 1.54) is 4.90 Å². The fourth-order valence-corrected chi connectivity index (χ4v) is 4.22. The number of hydrogen-bond donors (Lipinski definition) is 1. The quantitative estimate of drug-likeness (QED) is 0.489. The Labute approximate surface area is 201 Å². The highest BCUT2D eigenvalue weighted by atomic mass is 32.2.